The Kier molecular flexibility index (Phi) is 4.29. The minimum Gasteiger partial charge on any atom is -0.337 e. The van der Waals surface area contributed by atoms with Crippen molar-refractivity contribution < 1.29 is 4.79 Å². The summed E-state index contributed by atoms with van der Waals surface area (Å²) in [6.07, 6.45) is 4.67. The molecule has 2 aromatic carbocycles. The lowest BCUT2D eigenvalue weighted by Gasteiger charge is -2.41. The van der Waals surface area contributed by atoms with Crippen molar-refractivity contribution in [3.63, 3.8) is 0 Å². The number of carbonyl (C=O) groups is 1. The zero-order valence-electron chi connectivity index (χ0n) is 14.9. The fourth-order valence-corrected chi connectivity index (χ4v) is 3.76. The number of carbonyl (C=O) groups excluding carboxylic acids is 1. The Morgan fingerprint density at radius 1 is 1.08 bits per heavy atom. The zero-order chi connectivity index (χ0) is 18.0. The van der Waals surface area contributed by atoms with Crippen LogP contribution in [0.15, 0.2) is 67.3 Å². The van der Waals surface area contributed by atoms with Gasteiger partial charge in [-0.1, -0.05) is 55.5 Å². The second-order valence-corrected chi connectivity index (χ2v) is 7.15. The van der Waals surface area contributed by atoms with Crippen LogP contribution in [0, 0.1) is 0 Å². The molecule has 1 fully saturated rings. The fourth-order valence-electron chi connectivity index (χ4n) is 3.76. The van der Waals surface area contributed by atoms with Gasteiger partial charge in [0.05, 0.1) is 5.69 Å². The molecule has 5 heteroatoms. The number of benzene rings is 2. The number of nitrogens with zero attached hydrogens (tertiary/aromatic N) is 4. The third-order valence-electron chi connectivity index (χ3n) is 5.27. The number of hydrogen-bond acceptors (Lipinski definition) is 3. The first kappa shape index (κ1) is 16.5. The van der Waals surface area contributed by atoms with Gasteiger partial charge in [0.1, 0.15) is 12.7 Å². The van der Waals surface area contributed by atoms with Crippen LogP contribution in [0.25, 0.3) is 5.69 Å². The molecule has 0 bridgehead atoms. The standard InChI is InChI=1S/C21H22N4O/c1-21(18-8-3-2-4-9-18)12-11-20(26)24(14-21)13-17-7-5-6-10-19(17)25-16-22-15-23-25/h2-10,15-16H,11-14H2,1H3. The molecule has 0 radical (unpaired) electrons. The van der Waals surface area contributed by atoms with E-state index in [1.807, 2.05) is 29.2 Å². The highest BCUT2D eigenvalue weighted by Crippen LogP contribution is 2.35. The highest BCUT2D eigenvalue weighted by molar-refractivity contribution is 5.77. The lowest BCUT2D eigenvalue weighted by atomic mass is 9.75. The SMILES string of the molecule is CC1(c2ccccc2)CCC(=O)N(Cc2ccccc2-n2cncn2)C1. The van der Waals surface area contributed by atoms with Crippen molar-refractivity contribution in [2.45, 2.75) is 31.7 Å². The molecule has 26 heavy (non-hydrogen) atoms. The van der Waals surface area contributed by atoms with Gasteiger partial charge in [-0.2, -0.15) is 5.10 Å². The summed E-state index contributed by atoms with van der Waals surface area (Å²) >= 11 is 0. The predicted octanol–water partition coefficient (Wildman–Crippen LogP) is 3.35. The maximum absolute atomic E-state index is 12.6. The first-order valence-corrected chi connectivity index (χ1v) is 8.92. The van der Waals surface area contributed by atoms with Gasteiger partial charge < -0.3 is 4.90 Å². The number of likely N-dealkylation sites (tertiary alicyclic amines) is 1. The molecule has 1 aliphatic heterocycles. The van der Waals surface area contributed by atoms with Crippen molar-refractivity contribution in [2.75, 3.05) is 6.54 Å². The molecule has 3 aromatic rings. The van der Waals surface area contributed by atoms with E-state index in [0.29, 0.717) is 13.0 Å². The minimum absolute atomic E-state index is 0.0165. The largest absolute Gasteiger partial charge is 0.337 e. The summed E-state index contributed by atoms with van der Waals surface area (Å²) in [5, 5.41) is 4.24. The van der Waals surface area contributed by atoms with Crippen molar-refractivity contribution >= 4 is 5.91 Å². The van der Waals surface area contributed by atoms with E-state index in [1.165, 1.54) is 11.9 Å². The topological polar surface area (TPSA) is 51.0 Å². The Morgan fingerprint density at radius 2 is 1.85 bits per heavy atom. The molecule has 0 aliphatic carbocycles. The lowest BCUT2D eigenvalue weighted by Crippen LogP contribution is -2.47. The molecule has 1 aromatic heterocycles. The highest BCUT2D eigenvalue weighted by Gasteiger charge is 2.36. The number of piperidine rings is 1. The van der Waals surface area contributed by atoms with Crippen LogP contribution < -0.4 is 0 Å². The van der Waals surface area contributed by atoms with Gasteiger partial charge in [0.25, 0.3) is 0 Å². The van der Waals surface area contributed by atoms with Gasteiger partial charge in [-0.15, -0.1) is 0 Å². The molecule has 0 N–H and O–H groups in total. The highest BCUT2D eigenvalue weighted by atomic mass is 16.2. The summed E-state index contributed by atoms with van der Waals surface area (Å²) < 4.78 is 1.75. The average Bonchev–Trinajstić information content (AvgIpc) is 3.21. The van der Waals surface area contributed by atoms with Crippen LogP contribution in [-0.4, -0.2) is 32.1 Å². The number of amides is 1. The maximum atomic E-state index is 12.6. The van der Waals surface area contributed by atoms with E-state index in [9.17, 15) is 4.79 Å². The fraction of sp³-hybridized carbons (Fsp3) is 0.286. The van der Waals surface area contributed by atoms with Crippen LogP contribution in [0.1, 0.15) is 30.9 Å². The van der Waals surface area contributed by atoms with Crippen LogP contribution in [0.2, 0.25) is 0 Å². The molecule has 1 aliphatic rings. The minimum atomic E-state index is -0.0165. The molecule has 4 rings (SSSR count). The van der Waals surface area contributed by atoms with E-state index in [4.69, 9.17) is 0 Å². The van der Waals surface area contributed by atoms with Gasteiger partial charge in [-0.3, -0.25) is 4.79 Å². The van der Waals surface area contributed by atoms with E-state index < -0.39 is 0 Å². The summed E-state index contributed by atoms with van der Waals surface area (Å²) in [6.45, 7) is 3.56. The molecule has 5 nitrogen and oxygen atoms in total. The molecule has 1 amide bonds. The monoisotopic (exact) mass is 346 g/mol. The van der Waals surface area contributed by atoms with Crippen LogP contribution in [-0.2, 0) is 16.8 Å². The summed E-state index contributed by atoms with van der Waals surface area (Å²) in [6, 6.07) is 18.5. The van der Waals surface area contributed by atoms with E-state index >= 15 is 0 Å². The summed E-state index contributed by atoms with van der Waals surface area (Å²) in [4.78, 5) is 18.6. The van der Waals surface area contributed by atoms with Crippen molar-refractivity contribution in [2.24, 2.45) is 0 Å². The maximum Gasteiger partial charge on any atom is 0.222 e. The summed E-state index contributed by atoms with van der Waals surface area (Å²) in [5.74, 6) is 0.215. The number of hydrogen-bond donors (Lipinski definition) is 0. The van der Waals surface area contributed by atoms with Gasteiger partial charge >= 0.3 is 0 Å². The van der Waals surface area contributed by atoms with Gasteiger partial charge in [0, 0.05) is 24.9 Å². The first-order valence-electron chi connectivity index (χ1n) is 8.92. The Hall–Kier alpha value is -2.95. The predicted molar refractivity (Wildman–Crippen MR) is 99.8 cm³/mol. The van der Waals surface area contributed by atoms with E-state index in [-0.39, 0.29) is 11.3 Å². The van der Waals surface area contributed by atoms with Crippen molar-refractivity contribution in [1.29, 1.82) is 0 Å². The summed E-state index contributed by atoms with van der Waals surface area (Å²) in [5.41, 5.74) is 3.31. The zero-order valence-corrected chi connectivity index (χ0v) is 14.9. The van der Waals surface area contributed by atoms with Gasteiger partial charge in [0.15, 0.2) is 0 Å². The van der Waals surface area contributed by atoms with Crippen molar-refractivity contribution in [1.82, 2.24) is 19.7 Å². The molecule has 1 atom stereocenters. The van der Waals surface area contributed by atoms with Gasteiger partial charge in [-0.25, -0.2) is 9.67 Å². The quantitative estimate of drug-likeness (QED) is 0.728. The molecule has 132 valence electrons. The number of para-hydroxylation sites is 1. The van der Waals surface area contributed by atoms with Crippen molar-refractivity contribution in [3.8, 4) is 5.69 Å². The molecule has 0 saturated carbocycles. The average molecular weight is 346 g/mol. The molecule has 0 spiro atoms. The van der Waals surface area contributed by atoms with E-state index in [0.717, 1.165) is 24.2 Å². The molecular weight excluding hydrogens is 324 g/mol. The Bertz CT molecular complexity index is 891. The molecular formula is C21H22N4O. The Balaban J connectivity index is 1.61. The van der Waals surface area contributed by atoms with Gasteiger partial charge in [-0.05, 0) is 23.6 Å². The van der Waals surface area contributed by atoms with Crippen LogP contribution in [0.5, 0.6) is 0 Å². The first-order chi connectivity index (χ1) is 12.7. The lowest BCUT2D eigenvalue weighted by molar-refractivity contribution is -0.136. The normalized spacial score (nSPS) is 20.3. The van der Waals surface area contributed by atoms with E-state index in [1.54, 1.807) is 11.0 Å². The molecule has 1 saturated heterocycles. The third-order valence-corrected chi connectivity index (χ3v) is 5.27. The van der Waals surface area contributed by atoms with Crippen LogP contribution in [0.4, 0.5) is 0 Å². The Labute approximate surface area is 153 Å². The smallest absolute Gasteiger partial charge is 0.222 e. The Morgan fingerprint density at radius 3 is 2.62 bits per heavy atom. The molecule has 2 heterocycles. The number of rotatable bonds is 4. The van der Waals surface area contributed by atoms with E-state index in [2.05, 4.69) is 47.3 Å². The van der Waals surface area contributed by atoms with Crippen LogP contribution >= 0.6 is 0 Å². The number of aromatic nitrogens is 3. The van der Waals surface area contributed by atoms with Gasteiger partial charge in [0.2, 0.25) is 5.91 Å². The van der Waals surface area contributed by atoms with Crippen molar-refractivity contribution in [3.05, 3.63) is 78.4 Å². The second-order valence-electron chi connectivity index (χ2n) is 7.15. The second kappa shape index (κ2) is 6.75. The molecule has 1 unspecified atom stereocenters. The van der Waals surface area contributed by atoms with Crippen LogP contribution in [0.3, 0.4) is 0 Å². The summed E-state index contributed by atoms with van der Waals surface area (Å²) in [7, 11) is 0. The third kappa shape index (κ3) is 3.12.